The second-order valence-electron chi connectivity index (χ2n) is 20.5. The monoisotopic (exact) mass is 1110 g/mol. The van der Waals surface area contributed by atoms with Crippen LogP contribution in [-0.2, 0) is 42.2 Å². The van der Waals surface area contributed by atoms with E-state index in [9.17, 15) is 28.9 Å². The number of ether oxygens (including phenoxy) is 3. The van der Waals surface area contributed by atoms with Gasteiger partial charge in [-0.15, -0.1) is 0 Å². The van der Waals surface area contributed by atoms with Crippen molar-refractivity contribution in [3.05, 3.63) is 97.2 Å². The molecule has 0 rings (SSSR count). The third-order valence-corrected chi connectivity index (χ3v) is 14.0. The Morgan fingerprint density at radius 2 is 0.667 bits per heavy atom. The van der Waals surface area contributed by atoms with E-state index >= 15 is 0 Å². The molecule has 0 aliphatic carbocycles. The molecule has 0 fully saturated rings. The molecule has 2 N–H and O–H groups in total. The zero-order valence-electron chi connectivity index (χ0n) is 49.6. The van der Waals surface area contributed by atoms with E-state index in [1.165, 1.54) is 83.5 Å². The maximum atomic E-state index is 12.9. The molecule has 0 aromatic rings. The highest BCUT2D eigenvalue weighted by Gasteiger charge is 2.28. The van der Waals surface area contributed by atoms with Crippen LogP contribution in [0.2, 0.25) is 0 Å². The maximum Gasteiger partial charge on any atom is 0.472 e. The smallest absolute Gasteiger partial charge is 0.462 e. The number of aliphatic hydroxyl groups is 1. The fraction of sp³-hybridized carbons (Fsp3) is 0.712. The lowest BCUT2D eigenvalue weighted by Gasteiger charge is -2.21. The Morgan fingerprint density at radius 3 is 1.05 bits per heavy atom. The number of esters is 3. The van der Waals surface area contributed by atoms with Crippen molar-refractivity contribution in [2.45, 2.75) is 277 Å². The number of carbonyl (C=O) groups excluding carboxylic acids is 3. The number of allylic oxidation sites excluding steroid dienone is 16. The molecule has 0 aliphatic heterocycles. The van der Waals surface area contributed by atoms with Gasteiger partial charge < -0.3 is 24.2 Å². The van der Waals surface area contributed by atoms with Gasteiger partial charge in [-0.1, -0.05) is 246 Å². The van der Waals surface area contributed by atoms with E-state index in [-0.39, 0.29) is 25.9 Å². The molecule has 0 radical (unpaired) electrons. The largest absolute Gasteiger partial charge is 0.472 e. The summed E-state index contributed by atoms with van der Waals surface area (Å²) in [6, 6.07) is 0. The van der Waals surface area contributed by atoms with Crippen LogP contribution in [0.1, 0.15) is 265 Å². The average molecular weight is 1110 g/mol. The van der Waals surface area contributed by atoms with Gasteiger partial charge in [-0.2, -0.15) is 0 Å². The molecule has 0 bridgehead atoms. The summed E-state index contributed by atoms with van der Waals surface area (Å²) in [6.45, 7) is 4.38. The van der Waals surface area contributed by atoms with Crippen LogP contribution in [0.25, 0.3) is 0 Å². The van der Waals surface area contributed by atoms with Crippen LogP contribution in [-0.4, -0.2) is 66.5 Å². The number of hydrogen-bond donors (Lipinski definition) is 2. The molecule has 0 heterocycles. The number of hydrogen-bond acceptors (Lipinski definition) is 10. The predicted octanol–water partition coefficient (Wildman–Crippen LogP) is 18.8. The summed E-state index contributed by atoms with van der Waals surface area (Å²) >= 11 is 0. The Hall–Kier alpha value is -3.60. The quantitative estimate of drug-likeness (QED) is 0.0197. The standard InChI is InChI=1S/C66H113O11P/c1-4-7-10-13-16-19-22-25-28-30-31-33-36-39-42-45-48-51-54-57-66(70)77-63(59-73-64(68)55-52-49-46-43-40-37-34-27-24-21-18-15-12-9-6-3)61-75-78(71,72)74-60-62(58-67)76-65(69)56-53-50-47-44-41-38-35-32-29-26-23-20-17-14-11-8-5-2/h7,9-10,12,16,18-19,21,25,27-28,31,33-34,40,43,62-63,67H,4-6,8,11,13-15,17,20,22-24,26,29-30,32,35-39,41-42,44-61H2,1-3H3,(H,71,72)/b10-7-,12-9-,19-16-,21-18-,28-25-,33-31-,34-27-,43-40-. The van der Waals surface area contributed by atoms with Crippen LogP contribution >= 0.6 is 7.82 Å². The van der Waals surface area contributed by atoms with Crippen molar-refractivity contribution in [3.63, 3.8) is 0 Å². The molecule has 11 nitrogen and oxygen atoms in total. The normalized spacial score (nSPS) is 14.0. The van der Waals surface area contributed by atoms with Gasteiger partial charge in [-0.05, 0) is 96.3 Å². The number of rotatable bonds is 57. The van der Waals surface area contributed by atoms with Crippen LogP contribution in [0, 0.1) is 0 Å². The Labute approximate surface area is 476 Å². The summed E-state index contributed by atoms with van der Waals surface area (Å²) in [5.41, 5.74) is 0. The van der Waals surface area contributed by atoms with Gasteiger partial charge in [-0.3, -0.25) is 23.4 Å². The minimum absolute atomic E-state index is 0.139. The number of carbonyl (C=O) groups is 3. The Balaban J connectivity index is 4.76. The molecule has 12 heteroatoms. The molecule has 3 unspecified atom stereocenters. The highest BCUT2D eigenvalue weighted by molar-refractivity contribution is 7.47. The Kier molecular flexibility index (Phi) is 56.8. The summed E-state index contributed by atoms with van der Waals surface area (Å²) < 4.78 is 39.6. The number of phosphoric ester groups is 1. The Bertz CT molecular complexity index is 1680. The first-order chi connectivity index (χ1) is 38.2. The van der Waals surface area contributed by atoms with E-state index < -0.39 is 57.8 Å². The van der Waals surface area contributed by atoms with Crippen LogP contribution < -0.4 is 0 Å². The summed E-state index contributed by atoms with van der Waals surface area (Å²) in [6.07, 6.45) is 70.8. The molecule has 0 amide bonds. The predicted molar refractivity (Wildman–Crippen MR) is 325 cm³/mol. The highest BCUT2D eigenvalue weighted by atomic mass is 31.2. The van der Waals surface area contributed by atoms with Gasteiger partial charge in [0.25, 0.3) is 0 Å². The lowest BCUT2D eigenvalue weighted by molar-refractivity contribution is -0.161. The fourth-order valence-electron chi connectivity index (χ4n) is 8.34. The van der Waals surface area contributed by atoms with Crippen molar-refractivity contribution in [2.75, 3.05) is 26.4 Å². The SMILES string of the molecule is CC/C=C\C/C=C\C/C=C\C/C=C\CCCCCCCCC(=O)OC(COC(=O)CCCC/C=C\C/C=C\C/C=C\C/C=C\CC)COP(=O)(O)OCC(CO)OC(=O)CCCCCCCCCCCCCCCCCCC. The summed E-state index contributed by atoms with van der Waals surface area (Å²) in [5, 5.41) is 9.85. The van der Waals surface area contributed by atoms with E-state index in [0.717, 1.165) is 122 Å². The highest BCUT2D eigenvalue weighted by Crippen LogP contribution is 2.43. The minimum atomic E-state index is -4.77. The molecule has 448 valence electrons. The molecular weight excluding hydrogens is 1000 g/mol. The van der Waals surface area contributed by atoms with Gasteiger partial charge in [0.05, 0.1) is 19.8 Å². The molecule has 0 saturated heterocycles. The maximum absolute atomic E-state index is 12.9. The van der Waals surface area contributed by atoms with Gasteiger partial charge in [0, 0.05) is 19.3 Å². The molecule has 0 aromatic carbocycles. The molecule has 0 aliphatic rings. The lowest BCUT2D eigenvalue weighted by atomic mass is 10.0. The minimum Gasteiger partial charge on any atom is -0.462 e. The topological polar surface area (TPSA) is 155 Å². The summed E-state index contributed by atoms with van der Waals surface area (Å²) in [4.78, 5) is 48.7. The van der Waals surface area contributed by atoms with Crippen LogP contribution in [0.4, 0.5) is 0 Å². The fourth-order valence-corrected chi connectivity index (χ4v) is 9.12. The third-order valence-electron chi connectivity index (χ3n) is 13.0. The Morgan fingerprint density at radius 1 is 0.372 bits per heavy atom. The third kappa shape index (κ3) is 57.1. The van der Waals surface area contributed by atoms with Crippen molar-refractivity contribution in [1.29, 1.82) is 0 Å². The number of unbranched alkanes of at least 4 members (excludes halogenated alkanes) is 24. The van der Waals surface area contributed by atoms with Crippen LogP contribution in [0.5, 0.6) is 0 Å². The average Bonchev–Trinajstić information content (AvgIpc) is 3.43. The lowest BCUT2D eigenvalue weighted by Crippen LogP contribution is -2.30. The summed E-state index contributed by atoms with van der Waals surface area (Å²) in [5.74, 6) is -1.53. The molecule has 3 atom stereocenters. The van der Waals surface area contributed by atoms with Crippen molar-refractivity contribution in [3.8, 4) is 0 Å². The number of phosphoric acid groups is 1. The van der Waals surface area contributed by atoms with Crippen molar-refractivity contribution in [2.24, 2.45) is 0 Å². The first-order valence-electron chi connectivity index (χ1n) is 31.1. The van der Waals surface area contributed by atoms with Crippen molar-refractivity contribution in [1.82, 2.24) is 0 Å². The molecule has 0 saturated carbocycles. The number of aliphatic hydroxyl groups excluding tert-OH is 1. The van der Waals surface area contributed by atoms with Crippen LogP contribution in [0.3, 0.4) is 0 Å². The zero-order valence-corrected chi connectivity index (χ0v) is 50.5. The second kappa shape index (κ2) is 59.5. The van der Waals surface area contributed by atoms with Gasteiger partial charge in [-0.25, -0.2) is 4.57 Å². The van der Waals surface area contributed by atoms with Crippen LogP contribution in [0.15, 0.2) is 97.2 Å². The van der Waals surface area contributed by atoms with E-state index in [0.29, 0.717) is 19.3 Å². The van der Waals surface area contributed by atoms with Gasteiger partial charge in [0.1, 0.15) is 12.7 Å². The van der Waals surface area contributed by atoms with Gasteiger partial charge in [0.2, 0.25) is 0 Å². The van der Waals surface area contributed by atoms with Crippen molar-refractivity contribution >= 4 is 25.7 Å². The summed E-state index contributed by atoms with van der Waals surface area (Å²) in [7, 11) is -4.77. The molecule has 0 aromatic heterocycles. The van der Waals surface area contributed by atoms with E-state index in [1.54, 1.807) is 0 Å². The second-order valence-corrected chi connectivity index (χ2v) is 21.9. The van der Waals surface area contributed by atoms with Crippen molar-refractivity contribution < 1.29 is 52.2 Å². The zero-order chi connectivity index (χ0) is 56.9. The molecule has 0 spiro atoms. The van der Waals surface area contributed by atoms with E-state index in [1.807, 2.05) is 0 Å². The van der Waals surface area contributed by atoms with E-state index in [4.69, 9.17) is 23.3 Å². The first-order valence-corrected chi connectivity index (χ1v) is 32.6. The molecular formula is C66H113O11P. The molecule has 78 heavy (non-hydrogen) atoms. The first kappa shape index (κ1) is 74.4. The van der Waals surface area contributed by atoms with Gasteiger partial charge in [0.15, 0.2) is 6.10 Å². The van der Waals surface area contributed by atoms with E-state index in [2.05, 4.69) is 118 Å². The van der Waals surface area contributed by atoms with Gasteiger partial charge >= 0.3 is 25.7 Å².